The van der Waals surface area contributed by atoms with Gasteiger partial charge in [0.05, 0.1) is 24.6 Å². The number of carbonyl (C=O) groups excluding carboxylic acids is 2. The molecule has 0 saturated heterocycles. The van der Waals surface area contributed by atoms with Gasteiger partial charge < -0.3 is 20.1 Å². The van der Waals surface area contributed by atoms with Crippen LogP contribution in [0.25, 0.3) is 0 Å². The third-order valence-corrected chi connectivity index (χ3v) is 3.92. The molecule has 1 saturated carbocycles. The van der Waals surface area contributed by atoms with E-state index in [0.29, 0.717) is 42.5 Å². The highest BCUT2D eigenvalue weighted by atomic mass is 16.5. The van der Waals surface area contributed by atoms with Crippen molar-refractivity contribution < 1.29 is 19.1 Å². The fraction of sp³-hybridized carbons (Fsp3) is 0.579. The highest BCUT2D eigenvalue weighted by Crippen LogP contribution is 2.38. The number of hydrogen-bond acceptors (Lipinski definition) is 4. The first-order valence-corrected chi connectivity index (χ1v) is 9.13. The zero-order chi connectivity index (χ0) is 18.2. The van der Waals surface area contributed by atoms with Crippen molar-refractivity contribution in [3.63, 3.8) is 0 Å². The maximum Gasteiger partial charge on any atom is 0.227 e. The second kappa shape index (κ2) is 9.30. The first kappa shape index (κ1) is 19.1. The van der Waals surface area contributed by atoms with E-state index in [1.807, 2.05) is 20.8 Å². The highest BCUT2D eigenvalue weighted by molar-refractivity contribution is 5.98. The van der Waals surface area contributed by atoms with Gasteiger partial charge in [-0.25, -0.2) is 0 Å². The van der Waals surface area contributed by atoms with Crippen molar-refractivity contribution in [1.29, 1.82) is 0 Å². The van der Waals surface area contributed by atoms with Crippen LogP contribution in [-0.4, -0.2) is 25.0 Å². The van der Waals surface area contributed by atoms with Gasteiger partial charge in [0.2, 0.25) is 11.8 Å². The Morgan fingerprint density at radius 1 is 1.00 bits per heavy atom. The van der Waals surface area contributed by atoms with Crippen LogP contribution >= 0.6 is 0 Å². The van der Waals surface area contributed by atoms with Crippen molar-refractivity contribution >= 4 is 23.2 Å². The number of hydrogen-bond donors (Lipinski definition) is 2. The first-order valence-electron chi connectivity index (χ1n) is 9.13. The van der Waals surface area contributed by atoms with Crippen LogP contribution in [0.15, 0.2) is 12.1 Å². The van der Waals surface area contributed by atoms with Crippen molar-refractivity contribution in [3.05, 3.63) is 12.1 Å². The van der Waals surface area contributed by atoms with Crippen LogP contribution in [0.4, 0.5) is 11.4 Å². The molecule has 2 amide bonds. The van der Waals surface area contributed by atoms with E-state index >= 15 is 0 Å². The molecule has 6 heteroatoms. The Kier molecular flexibility index (Phi) is 7.10. The Labute approximate surface area is 149 Å². The molecule has 6 nitrogen and oxygen atoms in total. The number of unbranched alkanes of at least 4 members (excludes halogenated alkanes) is 1. The Hall–Kier alpha value is -2.24. The molecule has 25 heavy (non-hydrogen) atoms. The lowest BCUT2D eigenvalue weighted by molar-refractivity contribution is -0.117. The maximum absolute atomic E-state index is 12.1. The number of rotatable bonds is 10. The molecular formula is C19H28N2O4. The van der Waals surface area contributed by atoms with Gasteiger partial charge in [-0.2, -0.15) is 0 Å². The fourth-order valence-electron chi connectivity index (χ4n) is 2.44. The van der Waals surface area contributed by atoms with E-state index in [1.54, 1.807) is 12.1 Å². The van der Waals surface area contributed by atoms with Crippen LogP contribution in [0.5, 0.6) is 11.5 Å². The van der Waals surface area contributed by atoms with Gasteiger partial charge in [-0.1, -0.05) is 13.3 Å². The van der Waals surface area contributed by atoms with Gasteiger partial charge >= 0.3 is 0 Å². The molecule has 0 spiro atoms. The van der Waals surface area contributed by atoms with Crippen molar-refractivity contribution in [2.75, 3.05) is 23.8 Å². The molecule has 1 aliphatic rings. The minimum absolute atomic E-state index is 0.00290. The second-order valence-electron chi connectivity index (χ2n) is 6.13. The molecule has 138 valence electrons. The SMILES string of the molecule is CCCCC(=O)Nc1cc(OCC)c(NC(=O)C2CC2)cc1OCC. The maximum atomic E-state index is 12.1. The van der Waals surface area contributed by atoms with Crippen LogP contribution in [0.2, 0.25) is 0 Å². The largest absolute Gasteiger partial charge is 0.492 e. The summed E-state index contributed by atoms with van der Waals surface area (Å²) >= 11 is 0. The molecule has 1 aromatic carbocycles. The lowest BCUT2D eigenvalue weighted by atomic mass is 10.2. The predicted molar refractivity (Wildman–Crippen MR) is 98.3 cm³/mol. The average molecular weight is 348 g/mol. The Morgan fingerprint density at radius 2 is 1.56 bits per heavy atom. The van der Waals surface area contributed by atoms with Gasteiger partial charge in [-0.3, -0.25) is 9.59 Å². The van der Waals surface area contributed by atoms with Gasteiger partial charge in [-0.05, 0) is 33.1 Å². The number of benzene rings is 1. The fourth-order valence-corrected chi connectivity index (χ4v) is 2.44. The molecule has 0 unspecified atom stereocenters. The number of ether oxygens (including phenoxy) is 2. The van der Waals surface area contributed by atoms with Crippen LogP contribution in [0, 0.1) is 5.92 Å². The zero-order valence-corrected chi connectivity index (χ0v) is 15.3. The summed E-state index contributed by atoms with van der Waals surface area (Å²) in [7, 11) is 0. The van der Waals surface area contributed by atoms with Crippen LogP contribution in [-0.2, 0) is 9.59 Å². The van der Waals surface area contributed by atoms with E-state index in [0.717, 1.165) is 25.7 Å². The lowest BCUT2D eigenvalue weighted by Crippen LogP contribution is -2.16. The van der Waals surface area contributed by atoms with E-state index in [9.17, 15) is 9.59 Å². The van der Waals surface area contributed by atoms with E-state index in [-0.39, 0.29) is 17.7 Å². The minimum atomic E-state index is -0.0555. The number of nitrogens with one attached hydrogen (secondary N) is 2. The normalized spacial score (nSPS) is 13.2. The average Bonchev–Trinajstić information content (AvgIpc) is 3.42. The van der Waals surface area contributed by atoms with Crippen LogP contribution in [0.1, 0.15) is 52.9 Å². The number of anilines is 2. The third kappa shape index (κ3) is 5.66. The smallest absolute Gasteiger partial charge is 0.227 e. The summed E-state index contributed by atoms with van der Waals surface area (Å²) in [4.78, 5) is 24.2. The topological polar surface area (TPSA) is 76.7 Å². The van der Waals surface area contributed by atoms with E-state index in [1.165, 1.54) is 0 Å². The first-order chi connectivity index (χ1) is 12.1. The molecule has 0 heterocycles. The molecule has 0 aliphatic heterocycles. The number of carbonyl (C=O) groups is 2. The van der Waals surface area contributed by atoms with Gasteiger partial charge in [0.1, 0.15) is 11.5 Å². The summed E-state index contributed by atoms with van der Waals surface area (Å²) in [6, 6.07) is 3.45. The summed E-state index contributed by atoms with van der Waals surface area (Å²) in [6.07, 6.45) is 4.12. The number of amides is 2. The molecule has 1 aromatic rings. The summed E-state index contributed by atoms with van der Waals surface area (Å²) in [5.41, 5.74) is 1.14. The predicted octanol–water partition coefficient (Wildman–Crippen LogP) is 3.96. The van der Waals surface area contributed by atoms with Gasteiger partial charge in [-0.15, -0.1) is 0 Å². The molecule has 2 rings (SSSR count). The molecule has 2 N–H and O–H groups in total. The summed E-state index contributed by atoms with van der Waals surface area (Å²) in [6.45, 7) is 6.72. The summed E-state index contributed by atoms with van der Waals surface area (Å²) in [5.74, 6) is 1.11. The summed E-state index contributed by atoms with van der Waals surface area (Å²) < 4.78 is 11.3. The van der Waals surface area contributed by atoms with Crippen molar-refractivity contribution in [2.24, 2.45) is 5.92 Å². The lowest BCUT2D eigenvalue weighted by Gasteiger charge is -2.17. The Balaban J connectivity index is 2.25. The second-order valence-corrected chi connectivity index (χ2v) is 6.13. The molecule has 0 bridgehead atoms. The van der Waals surface area contributed by atoms with Crippen LogP contribution < -0.4 is 20.1 Å². The molecule has 0 atom stereocenters. The Morgan fingerprint density at radius 3 is 2.04 bits per heavy atom. The van der Waals surface area contributed by atoms with E-state index < -0.39 is 0 Å². The van der Waals surface area contributed by atoms with Gasteiger partial charge in [0, 0.05) is 24.5 Å². The van der Waals surface area contributed by atoms with Crippen LogP contribution in [0.3, 0.4) is 0 Å². The van der Waals surface area contributed by atoms with Gasteiger partial charge in [0.25, 0.3) is 0 Å². The highest BCUT2D eigenvalue weighted by Gasteiger charge is 2.30. The molecule has 1 fully saturated rings. The van der Waals surface area contributed by atoms with E-state index in [4.69, 9.17) is 9.47 Å². The molecule has 0 aromatic heterocycles. The van der Waals surface area contributed by atoms with Crippen molar-refractivity contribution in [2.45, 2.75) is 52.9 Å². The van der Waals surface area contributed by atoms with Crippen molar-refractivity contribution in [3.8, 4) is 11.5 Å². The van der Waals surface area contributed by atoms with E-state index in [2.05, 4.69) is 10.6 Å². The quantitative estimate of drug-likeness (QED) is 0.671. The standard InChI is InChI=1S/C19H28N2O4/c1-4-7-8-18(22)20-14-11-17(25-6-3)15(12-16(14)24-5-2)21-19(23)13-9-10-13/h11-13H,4-10H2,1-3H3,(H,20,22)(H,21,23). The summed E-state index contributed by atoms with van der Waals surface area (Å²) in [5, 5.41) is 5.80. The monoisotopic (exact) mass is 348 g/mol. The van der Waals surface area contributed by atoms with Gasteiger partial charge in [0.15, 0.2) is 0 Å². The molecule has 0 radical (unpaired) electrons. The van der Waals surface area contributed by atoms with Crippen molar-refractivity contribution in [1.82, 2.24) is 0 Å². The Bertz CT molecular complexity index is 612. The third-order valence-electron chi connectivity index (χ3n) is 3.92. The minimum Gasteiger partial charge on any atom is -0.492 e. The molecule has 1 aliphatic carbocycles. The zero-order valence-electron chi connectivity index (χ0n) is 15.3. The molecular weight excluding hydrogens is 320 g/mol.